The molecule has 0 aromatic rings. The first kappa shape index (κ1) is 21.4. The number of hydrogen-bond donors (Lipinski definition) is 0. The molecule has 0 N–H and O–H groups in total. The van der Waals surface area contributed by atoms with Crippen molar-refractivity contribution in [3.8, 4) is 0 Å². The molecule has 0 nitrogen and oxygen atoms in total. The van der Waals surface area contributed by atoms with Gasteiger partial charge in [0.2, 0.25) is 0 Å². The van der Waals surface area contributed by atoms with E-state index >= 15 is 0 Å². The molecular weight excluding hydrogens is 513 g/mol. The number of thioether (sulfide) groups is 10. The quantitative estimate of drug-likeness (QED) is 0.325. The van der Waals surface area contributed by atoms with Crippen LogP contribution in [0.4, 0.5) is 0 Å². The minimum absolute atomic E-state index is 1.22. The molecule has 4 heterocycles. The van der Waals surface area contributed by atoms with Gasteiger partial charge < -0.3 is 0 Å². The first-order chi connectivity index (χ1) is 12.8. The van der Waals surface area contributed by atoms with E-state index in [0.29, 0.717) is 0 Å². The second kappa shape index (κ2) is 10.5. The second-order valence-corrected chi connectivity index (χ2v) is 17.4. The molecular formula is C16H16S10. The molecule has 0 fully saturated rings. The van der Waals surface area contributed by atoms with Crippen molar-refractivity contribution in [2.75, 3.05) is 11.5 Å². The summed E-state index contributed by atoms with van der Waals surface area (Å²) in [5.74, 6) is 2.45. The minimum atomic E-state index is 1.22. The molecule has 0 amide bonds. The Morgan fingerprint density at radius 3 is 1.38 bits per heavy atom. The summed E-state index contributed by atoms with van der Waals surface area (Å²) in [6.07, 6.45) is 2.48. The van der Waals surface area contributed by atoms with Crippen molar-refractivity contribution in [1.82, 2.24) is 0 Å². The largest absolute Gasteiger partial charge is 0.117 e. The monoisotopic (exact) mass is 528 g/mol. The van der Waals surface area contributed by atoms with Gasteiger partial charge in [-0.1, -0.05) is 108 Å². The highest BCUT2D eigenvalue weighted by atomic mass is 32.3. The molecule has 0 saturated heterocycles. The predicted molar refractivity (Wildman–Crippen MR) is 143 cm³/mol. The molecule has 0 radical (unpaired) electrons. The van der Waals surface area contributed by atoms with Gasteiger partial charge in [-0.2, -0.15) is 0 Å². The Kier molecular flexibility index (Phi) is 8.64. The molecule has 0 spiro atoms. The van der Waals surface area contributed by atoms with Crippen molar-refractivity contribution in [3.05, 3.63) is 44.7 Å². The van der Waals surface area contributed by atoms with E-state index in [1.807, 2.05) is 118 Å². The molecule has 4 aliphatic rings. The van der Waals surface area contributed by atoms with Crippen molar-refractivity contribution in [2.24, 2.45) is 0 Å². The molecule has 0 atom stereocenters. The zero-order chi connectivity index (χ0) is 17.9. The van der Waals surface area contributed by atoms with Crippen LogP contribution in [-0.2, 0) is 0 Å². The lowest BCUT2D eigenvalue weighted by molar-refractivity contribution is 1.11. The Balaban J connectivity index is 1.41. The van der Waals surface area contributed by atoms with Crippen molar-refractivity contribution in [3.63, 3.8) is 0 Å². The summed E-state index contributed by atoms with van der Waals surface area (Å²) in [5, 5.41) is 4.38. The minimum Gasteiger partial charge on any atom is -0.117 e. The van der Waals surface area contributed by atoms with E-state index in [4.69, 9.17) is 0 Å². The van der Waals surface area contributed by atoms with Gasteiger partial charge in [-0.3, -0.25) is 0 Å². The molecule has 10 heteroatoms. The molecule has 0 unspecified atom stereocenters. The van der Waals surface area contributed by atoms with Gasteiger partial charge >= 0.3 is 0 Å². The zero-order valence-electron chi connectivity index (χ0n) is 14.1. The maximum atomic E-state index is 2.27. The van der Waals surface area contributed by atoms with E-state index in [1.54, 1.807) is 8.47 Å². The van der Waals surface area contributed by atoms with Gasteiger partial charge in [-0.05, 0) is 35.2 Å². The molecule has 4 aliphatic heterocycles. The Bertz CT molecular complexity index is 688. The van der Waals surface area contributed by atoms with Gasteiger partial charge in [0.1, 0.15) is 0 Å². The van der Waals surface area contributed by atoms with Gasteiger partial charge in [0.05, 0.1) is 33.9 Å². The Morgan fingerprint density at radius 1 is 0.577 bits per heavy atom. The van der Waals surface area contributed by atoms with E-state index in [1.165, 1.54) is 49.8 Å². The second-order valence-electron chi connectivity index (χ2n) is 5.12. The van der Waals surface area contributed by atoms with Crippen LogP contribution < -0.4 is 0 Å². The fourth-order valence-electron chi connectivity index (χ4n) is 1.98. The summed E-state index contributed by atoms with van der Waals surface area (Å²) in [6, 6.07) is 0. The normalized spacial score (nSPS) is 22.7. The van der Waals surface area contributed by atoms with Crippen molar-refractivity contribution >= 4 is 118 Å². The van der Waals surface area contributed by atoms with Crippen LogP contribution in [0.25, 0.3) is 0 Å². The lowest BCUT2D eigenvalue weighted by Crippen LogP contribution is -1.77. The fourth-order valence-corrected chi connectivity index (χ4v) is 16.5. The lowest BCUT2D eigenvalue weighted by Gasteiger charge is -2.07. The third-order valence-corrected chi connectivity index (χ3v) is 17.8. The van der Waals surface area contributed by atoms with E-state index in [-0.39, 0.29) is 0 Å². The topological polar surface area (TPSA) is 0 Å². The van der Waals surface area contributed by atoms with E-state index in [0.717, 1.165) is 0 Å². The average Bonchev–Trinajstić information content (AvgIpc) is 3.40. The summed E-state index contributed by atoms with van der Waals surface area (Å²) >= 11 is 19.8. The fraction of sp³-hybridized carbons (Fsp3) is 0.375. The molecule has 26 heavy (non-hydrogen) atoms. The lowest BCUT2D eigenvalue weighted by atomic mass is 10.6. The Hall–Kier alpha value is 2.20. The van der Waals surface area contributed by atoms with Gasteiger partial charge in [-0.25, -0.2) is 0 Å². The molecule has 0 aromatic heterocycles. The molecule has 0 aliphatic carbocycles. The predicted octanol–water partition coefficient (Wildman–Crippen LogP) is 10.2. The van der Waals surface area contributed by atoms with E-state index in [2.05, 4.69) is 24.7 Å². The zero-order valence-corrected chi connectivity index (χ0v) is 22.2. The maximum absolute atomic E-state index is 2.27. The van der Waals surface area contributed by atoms with Gasteiger partial charge in [0, 0.05) is 0 Å². The Labute approximate surface area is 198 Å². The van der Waals surface area contributed by atoms with Crippen LogP contribution in [0.3, 0.4) is 0 Å². The standard InChI is InChI=1S/C16H16S10/c1-3-5-17-10-11(18-6-4-2)22-13(21-10)14-25-15-16(26-14)24-12(23-15)9-19-7-8-20-9/h7-8H,3-6H2,1-2H3. The van der Waals surface area contributed by atoms with Crippen LogP contribution in [0, 0.1) is 0 Å². The van der Waals surface area contributed by atoms with Gasteiger partial charge in [0.15, 0.2) is 0 Å². The molecule has 0 bridgehead atoms. The Morgan fingerprint density at radius 2 is 0.962 bits per heavy atom. The van der Waals surface area contributed by atoms with Crippen LogP contribution >= 0.6 is 118 Å². The van der Waals surface area contributed by atoms with Crippen LogP contribution in [0.2, 0.25) is 0 Å². The highest BCUT2D eigenvalue weighted by Crippen LogP contribution is 2.72. The van der Waals surface area contributed by atoms with Crippen LogP contribution in [0.5, 0.6) is 0 Å². The maximum Gasteiger partial charge on any atom is 0.0718 e. The van der Waals surface area contributed by atoms with Crippen LogP contribution in [0.1, 0.15) is 26.7 Å². The summed E-state index contributed by atoms with van der Waals surface area (Å²) < 4.78 is 12.0. The van der Waals surface area contributed by atoms with Crippen molar-refractivity contribution in [2.45, 2.75) is 26.7 Å². The van der Waals surface area contributed by atoms with Gasteiger partial charge in [-0.15, -0.1) is 23.5 Å². The number of hydrogen-bond acceptors (Lipinski definition) is 10. The van der Waals surface area contributed by atoms with Crippen LogP contribution in [-0.4, -0.2) is 11.5 Å². The summed E-state index contributed by atoms with van der Waals surface area (Å²) in [6.45, 7) is 4.54. The SMILES string of the molecule is CCCSC1=C(SCCC)SC(=C2SC3=C(SC(=C4SC=CS4)S3)S2)S1. The highest BCUT2D eigenvalue weighted by Gasteiger charge is 2.35. The van der Waals surface area contributed by atoms with Crippen molar-refractivity contribution in [1.29, 1.82) is 0 Å². The highest BCUT2D eigenvalue weighted by molar-refractivity contribution is 8.50. The average molecular weight is 529 g/mol. The first-order valence-corrected chi connectivity index (χ1v) is 16.7. The third-order valence-electron chi connectivity index (χ3n) is 3.06. The molecule has 4 rings (SSSR count). The smallest absolute Gasteiger partial charge is 0.0718 e. The first-order valence-electron chi connectivity index (χ1n) is 8.06. The molecule has 140 valence electrons. The summed E-state index contributed by atoms with van der Waals surface area (Å²) in [7, 11) is 0. The summed E-state index contributed by atoms with van der Waals surface area (Å²) in [4.78, 5) is 0. The van der Waals surface area contributed by atoms with Gasteiger partial charge in [0.25, 0.3) is 0 Å². The number of rotatable bonds is 6. The summed E-state index contributed by atoms with van der Waals surface area (Å²) in [5.41, 5.74) is 0. The van der Waals surface area contributed by atoms with Crippen molar-refractivity contribution < 1.29 is 0 Å². The van der Waals surface area contributed by atoms with Crippen LogP contribution in [0.15, 0.2) is 44.7 Å². The van der Waals surface area contributed by atoms with E-state index < -0.39 is 0 Å². The molecule has 0 aromatic carbocycles. The van der Waals surface area contributed by atoms with E-state index in [9.17, 15) is 0 Å². The third kappa shape index (κ3) is 5.09. The molecule has 0 saturated carbocycles.